The van der Waals surface area contributed by atoms with Crippen molar-refractivity contribution in [3.8, 4) is 5.75 Å². The lowest BCUT2D eigenvalue weighted by molar-refractivity contribution is 0.414. The van der Waals surface area contributed by atoms with Crippen LogP contribution in [0.1, 0.15) is 24.2 Å². The molecule has 18 heavy (non-hydrogen) atoms. The molecule has 0 spiro atoms. The first-order valence-electron chi connectivity index (χ1n) is 5.58. The van der Waals surface area contributed by atoms with Gasteiger partial charge in [0.05, 0.1) is 25.5 Å². The van der Waals surface area contributed by atoms with E-state index in [-0.39, 0.29) is 6.04 Å². The Bertz CT molecular complexity index is 539. The molecule has 0 saturated heterocycles. The number of halogens is 1. The first-order valence-corrected chi connectivity index (χ1v) is 6.37. The molecule has 96 valence electrons. The second kappa shape index (κ2) is 5.49. The molecular formula is C12H15BrN4O. The zero-order valence-electron chi connectivity index (χ0n) is 10.3. The van der Waals surface area contributed by atoms with E-state index in [1.165, 1.54) is 0 Å². The van der Waals surface area contributed by atoms with Crippen LogP contribution in [0.2, 0.25) is 0 Å². The van der Waals surface area contributed by atoms with Gasteiger partial charge in [-0.15, -0.1) is 5.10 Å². The Morgan fingerprint density at radius 2 is 2.28 bits per heavy atom. The predicted octanol–water partition coefficient (Wildman–Crippen LogP) is 2.12. The van der Waals surface area contributed by atoms with Gasteiger partial charge in [0.25, 0.3) is 0 Å². The summed E-state index contributed by atoms with van der Waals surface area (Å²) in [5.74, 6) is 0.820. The van der Waals surface area contributed by atoms with E-state index in [9.17, 15) is 0 Å². The summed E-state index contributed by atoms with van der Waals surface area (Å²) < 4.78 is 7.98. The molecule has 5 nitrogen and oxygen atoms in total. The lowest BCUT2D eigenvalue weighted by atomic mass is 10.2. The Hall–Kier alpha value is -1.40. The van der Waals surface area contributed by atoms with Crippen LogP contribution in [0.3, 0.4) is 0 Å². The molecule has 0 amide bonds. The van der Waals surface area contributed by atoms with Gasteiger partial charge >= 0.3 is 0 Å². The molecule has 1 aromatic carbocycles. The second-order valence-electron chi connectivity index (χ2n) is 4.09. The van der Waals surface area contributed by atoms with E-state index < -0.39 is 0 Å². The van der Waals surface area contributed by atoms with E-state index in [2.05, 4.69) is 26.2 Å². The minimum Gasteiger partial charge on any atom is -0.497 e. The van der Waals surface area contributed by atoms with Crippen LogP contribution >= 0.6 is 15.9 Å². The quantitative estimate of drug-likeness (QED) is 0.939. The van der Waals surface area contributed by atoms with Crippen molar-refractivity contribution < 1.29 is 4.74 Å². The van der Waals surface area contributed by atoms with Crippen molar-refractivity contribution in [3.63, 3.8) is 0 Å². The summed E-state index contributed by atoms with van der Waals surface area (Å²) in [6, 6.07) is 5.73. The minimum atomic E-state index is -0.104. The Balaban J connectivity index is 2.22. The summed E-state index contributed by atoms with van der Waals surface area (Å²) in [7, 11) is 1.65. The molecular weight excluding hydrogens is 296 g/mol. The maximum atomic E-state index is 5.75. The van der Waals surface area contributed by atoms with Crippen molar-refractivity contribution in [1.82, 2.24) is 15.0 Å². The number of ether oxygens (including phenoxy) is 1. The summed E-state index contributed by atoms with van der Waals surface area (Å²) in [5.41, 5.74) is 7.62. The van der Waals surface area contributed by atoms with E-state index in [4.69, 9.17) is 10.5 Å². The van der Waals surface area contributed by atoms with E-state index in [0.29, 0.717) is 6.54 Å². The molecule has 0 bridgehead atoms. The smallest absolute Gasteiger partial charge is 0.119 e. The van der Waals surface area contributed by atoms with Crippen LogP contribution < -0.4 is 10.5 Å². The monoisotopic (exact) mass is 310 g/mol. The third-order valence-corrected chi connectivity index (χ3v) is 3.38. The van der Waals surface area contributed by atoms with Crippen molar-refractivity contribution in [3.05, 3.63) is 40.1 Å². The van der Waals surface area contributed by atoms with Crippen LogP contribution in [-0.2, 0) is 6.54 Å². The SMILES string of the molecule is COc1ccc(Br)c(Cn2cc(C(C)N)nn2)c1. The third-order valence-electron chi connectivity index (χ3n) is 2.61. The standard InChI is InChI=1S/C12H15BrN4O/c1-8(14)12-7-17(16-15-12)6-9-5-10(18-2)3-4-11(9)13/h3-5,7-8H,6,14H2,1-2H3. The summed E-state index contributed by atoms with van der Waals surface area (Å²) >= 11 is 3.51. The molecule has 1 unspecified atom stereocenters. The molecule has 0 radical (unpaired) electrons. The number of aromatic nitrogens is 3. The highest BCUT2D eigenvalue weighted by Gasteiger charge is 2.08. The fourth-order valence-electron chi connectivity index (χ4n) is 1.57. The second-order valence-corrected chi connectivity index (χ2v) is 4.94. The number of benzene rings is 1. The summed E-state index contributed by atoms with van der Waals surface area (Å²) in [6.45, 7) is 2.51. The number of nitrogens with zero attached hydrogens (tertiary/aromatic N) is 3. The molecule has 1 aromatic heterocycles. The molecule has 2 N–H and O–H groups in total. The van der Waals surface area contributed by atoms with Crippen molar-refractivity contribution >= 4 is 15.9 Å². The van der Waals surface area contributed by atoms with Crippen LogP contribution in [-0.4, -0.2) is 22.1 Å². The largest absolute Gasteiger partial charge is 0.497 e. The summed E-state index contributed by atoms with van der Waals surface area (Å²) in [5, 5.41) is 8.08. The normalized spacial score (nSPS) is 12.4. The number of rotatable bonds is 4. The zero-order valence-corrected chi connectivity index (χ0v) is 11.9. The van der Waals surface area contributed by atoms with Crippen molar-refractivity contribution in [1.29, 1.82) is 0 Å². The van der Waals surface area contributed by atoms with Crippen LogP contribution in [0, 0.1) is 0 Å². The van der Waals surface area contributed by atoms with Gasteiger partial charge in [-0.1, -0.05) is 21.1 Å². The van der Waals surface area contributed by atoms with Gasteiger partial charge in [0.1, 0.15) is 5.75 Å². The highest BCUT2D eigenvalue weighted by molar-refractivity contribution is 9.10. The van der Waals surface area contributed by atoms with E-state index in [0.717, 1.165) is 21.5 Å². The van der Waals surface area contributed by atoms with Gasteiger partial charge in [-0.25, -0.2) is 4.68 Å². The first-order chi connectivity index (χ1) is 8.60. The Kier molecular flexibility index (Phi) is 3.98. The van der Waals surface area contributed by atoms with Gasteiger partial charge in [-0.3, -0.25) is 0 Å². The van der Waals surface area contributed by atoms with E-state index >= 15 is 0 Å². The minimum absolute atomic E-state index is 0.104. The molecule has 0 saturated carbocycles. The molecule has 1 heterocycles. The lowest BCUT2D eigenvalue weighted by Gasteiger charge is -2.07. The topological polar surface area (TPSA) is 66.0 Å². The predicted molar refractivity (Wildman–Crippen MR) is 72.4 cm³/mol. The van der Waals surface area contributed by atoms with E-state index in [1.807, 2.05) is 31.3 Å². The highest BCUT2D eigenvalue weighted by atomic mass is 79.9. The average Bonchev–Trinajstić information content (AvgIpc) is 2.81. The molecule has 6 heteroatoms. The molecule has 0 aliphatic rings. The molecule has 0 fully saturated rings. The molecule has 0 aliphatic heterocycles. The highest BCUT2D eigenvalue weighted by Crippen LogP contribution is 2.23. The van der Waals surface area contributed by atoms with Gasteiger partial charge in [-0.05, 0) is 30.7 Å². The number of nitrogens with two attached hydrogens (primary N) is 1. The Morgan fingerprint density at radius 1 is 1.50 bits per heavy atom. The Morgan fingerprint density at radius 3 is 2.89 bits per heavy atom. The van der Waals surface area contributed by atoms with Gasteiger partial charge < -0.3 is 10.5 Å². The number of methoxy groups -OCH3 is 1. The summed E-state index contributed by atoms with van der Waals surface area (Å²) in [4.78, 5) is 0. The fourth-order valence-corrected chi connectivity index (χ4v) is 1.95. The first kappa shape index (κ1) is 13.0. The van der Waals surface area contributed by atoms with Crippen molar-refractivity contribution in [2.75, 3.05) is 7.11 Å². The molecule has 2 rings (SSSR count). The van der Waals surface area contributed by atoms with Gasteiger partial charge in [0, 0.05) is 10.5 Å². The molecule has 1 atom stereocenters. The van der Waals surface area contributed by atoms with Crippen LogP contribution in [0.5, 0.6) is 5.75 Å². The van der Waals surface area contributed by atoms with Crippen LogP contribution in [0.4, 0.5) is 0 Å². The zero-order chi connectivity index (χ0) is 13.1. The average molecular weight is 311 g/mol. The van der Waals surface area contributed by atoms with Gasteiger partial charge in [0.2, 0.25) is 0 Å². The van der Waals surface area contributed by atoms with Crippen molar-refractivity contribution in [2.45, 2.75) is 19.5 Å². The fraction of sp³-hybridized carbons (Fsp3) is 0.333. The number of hydrogen-bond donors (Lipinski definition) is 1. The Labute approximate surface area is 114 Å². The van der Waals surface area contributed by atoms with Crippen molar-refractivity contribution in [2.24, 2.45) is 5.73 Å². The number of hydrogen-bond acceptors (Lipinski definition) is 4. The van der Waals surface area contributed by atoms with Crippen LogP contribution in [0.25, 0.3) is 0 Å². The maximum absolute atomic E-state index is 5.75. The van der Waals surface area contributed by atoms with Gasteiger partial charge in [-0.2, -0.15) is 0 Å². The van der Waals surface area contributed by atoms with E-state index in [1.54, 1.807) is 11.8 Å². The third kappa shape index (κ3) is 2.88. The van der Waals surface area contributed by atoms with Crippen LogP contribution in [0.15, 0.2) is 28.9 Å². The lowest BCUT2D eigenvalue weighted by Crippen LogP contribution is -2.05. The maximum Gasteiger partial charge on any atom is 0.119 e. The molecule has 2 aromatic rings. The molecule has 0 aliphatic carbocycles. The van der Waals surface area contributed by atoms with Gasteiger partial charge in [0.15, 0.2) is 0 Å². The summed E-state index contributed by atoms with van der Waals surface area (Å²) in [6.07, 6.45) is 1.86.